The van der Waals surface area contributed by atoms with Gasteiger partial charge in [0.2, 0.25) is 0 Å². The molecule has 6 nitrogen and oxygen atoms in total. The molecule has 0 N–H and O–H groups in total. The quantitative estimate of drug-likeness (QED) is 0.270. The van der Waals surface area contributed by atoms with Crippen molar-refractivity contribution < 1.29 is 4.92 Å². The Morgan fingerprint density at radius 2 is 2.28 bits per heavy atom. The van der Waals surface area contributed by atoms with Gasteiger partial charge >= 0.3 is 0 Å². The first-order valence-corrected chi connectivity index (χ1v) is 6.00. The van der Waals surface area contributed by atoms with Crippen molar-refractivity contribution in [2.45, 2.75) is 13.8 Å². The van der Waals surface area contributed by atoms with Crippen molar-refractivity contribution in [2.24, 2.45) is 4.99 Å². The molecule has 0 amide bonds. The van der Waals surface area contributed by atoms with Crippen LogP contribution >= 0.6 is 11.6 Å². The second-order valence-electron chi connectivity index (χ2n) is 3.46. The van der Waals surface area contributed by atoms with Crippen molar-refractivity contribution in [3.8, 4) is 0 Å². The maximum absolute atomic E-state index is 10.7. The van der Waals surface area contributed by atoms with Gasteiger partial charge in [0.15, 0.2) is 5.84 Å². The van der Waals surface area contributed by atoms with Crippen molar-refractivity contribution in [1.29, 1.82) is 0 Å². The second kappa shape index (κ2) is 6.90. The summed E-state index contributed by atoms with van der Waals surface area (Å²) >= 11 is 5.72. The molecule has 0 radical (unpaired) electrons. The number of likely N-dealkylation sites (N-methyl/N-ethyl adjacent to an activating group) is 1. The predicted molar refractivity (Wildman–Crippen MR) is 72.1 cm³/mol. The van der Waals surface area contributed by atoms with Gasteiger partial charge < -0.3 is 4.90 Å². The SMILES string of the molecule is CCN=C(C[N+](=O)[O-])N(CC)c1ccc(Cl)nc1. The fraction of sp³-hybridized carbons (Fsp3) is 0.455. The largest absolute Gasteiger partial charge is 0.324 e. The van der Waals surface area contributed by atoms with Crippen molar-refractivity contribution >= 4 is 23.1 Å². The van der Waals surface area contributed by atoms with Crippen LogP contribution in [0.3, 0.4) is 0 Å². The monoisotopic (exact) mass is 270 g/mol. The Labute approximate surface area is 110 Å². The minimum absolute atomic E-state index is 0.301. The molecule has 1 aromatic rings. The van der Waals surface area contributed by atoms with E-state index in [0.29, 0.717) is 24.1 Å². The topological polar surface area (TPSA) is 71.6 Å². The number of rotatable bonds is 5. The van der Waals surface area contributed by atoms with Crippen LogP contribution in [0.5, 0.6) is 0 Å². The van der Waals surface area contributed by atoms with E-state index in [2.05, 4.69) is 9.98 Å². The summed E-state index contributed by atoms with van der Waals surface area (Å²) in [6.45, 7) is 4.52. The van der Waals surface area contributed by atoms with Crippen molar-refractivity contribution in [3.05, 3.63) is 33.6 Å². The Balaban J connectivity index is 3.01. The minimum Gasteiger partial charge on any atom is -0.324 e. The molecule has 0 aliphatic carbocycles. The fourth-order valence-corrected chi connectivity index (χ4v) is 1.67. The van der Waals surface area contributed by atoms with E-state index in [-0.39, 0.29) is 11.5 Å². The standard InChI is InChI=1S/C11H15ClN4O2/c1-3-13-11(8-16(17)18)15(4-2)9-5-6-10(12)14-7-9/h5-7H,3-4,8H2,1-2H3. The zero-order chi connectivity index (χ0) is 13.5. The summed E-state index contributed by atoms with van der Waals surface area (Å²) in [5, 5.41) is 11.0. The number of amidine groups is 1. The highest BCUT2D eigenvalue weighted by Crippen LogP contribution is 2.16. The average molecular weight is 271 g/mol. The smallest absolute Gasteiger partial charge is 0.260 e. The highest BCUT2D eigenvalue weighted by atomic mass is 35.5. The van der Waals surface area contributed by atoms with Crippen LogP contribution in [0, 0.1) is 10.1 Å². The van der Waals surface area contributed by atoms with Crippen LogP contribution in [0.15, 0.2) is 23.3 Å². The molecule has 1 rings (SSSR count). The molecular formula is C11H15ClN4O2. The van der Waals surface area contributed by atoms with Crippen LogP contribution in [0.25, 0.3) is 0 Å². The summed E-state index contributed by atoms with van der Waals surface area (Å²) in [6, 6.07) is 3.42. The molecule has 0 bridgehead atoms. The zero-order valence-electron chi connectivity index (χ0n) is 10.3. The Hall–Kier alpha value is -1.69. The first-order valence-electron chi connectivity index (χ1n) is 5.62. The average Bonchev–Trinajstić information content (AvgIpc) is 2.32. The molecule has 0 fully saturated rings. The Morgan fingerprint density at radius 3 is 2.72 bits per heavy atom. The van der Waals surface area contributed by atoms with E-state index >= 15 is 0 Å². The third-order valence-corrected chi connectivity index (χ3v) is 2.49. The highest BCUT2D eigenvalue weighted by Gasteiger charge is 2.17. The van der Waals surface area contributed by atoms with E-state index in [1.54, 1.807) is 23.2 Å². The van der Waals surface area contributed by atoms with E-state index in [1.807, 2.05) is 13.8 Å². The number of aliphatic imine (C=N–C) groups is 1. The number of halogens is 1. The Kier molecular flexibility index (Phi) is 5.51. The van der Waals surface area contributed by atoms with Crippen molar-refractivity contribution in [1.82, 2.24) is 4.98 Å². The minimum atomic E-state index is -0.388. The van der Waals surface area contributed by atoms with Gasteiger partial charge in [-0.1, -0.05) is 11.6 Å². The van der Waals surface area contributed by atoms with Gasteiger partial charge in [0.05, 0.1) is 11.9 Å². The molecule has 0 atom stereocenters. The lowest BCUT2D eigenvalue weighted by Crippen LogP contribution is -2.36. The third-order valence-electron chi connectivity index (χ3n) is 2.26. The zero-order valence-corrected chi connectivity index (χ0v) is 11.1. The first-order chi connectivity index (χ1) is 8.58. The molecule has 0 unspecified atom stereocenters. The van der Waals surface area contributed by atoms with E-state index in [9.17, 15) is 10.1 Å². The van der Waals surface area contributed by atoms with E-state index in [1.165, 1.54) is 0 Å². The summed E-state index contributed by atoms with van der Waals surface area (Å²) in [7, 11) is 0. The molecule has 0 saturated carbocycles. The number of hydrogen-bond donors (Lipinski definition) is 0. The summed E-state index contributed by atoms with van der Waals surface area (Å²) in [6.07, 6.45) is 1.58. The molecule has 1 aromatic heterocycles. The van der Waals surface area contributed by atoms with Gasteiger partial charge in [-0.15, -0.1) is 0 Å². The summed E-state index contributed by atoms with van der Waals surface area (Å²) < 4.78 is 0. The van der Waals surface area contributed by atoms with Crippen molar-refractivity contribution in [2.75, 3.05) is 24.5 Å². The molecule has 1 heterocycles. The van der Waals surface area contributed by atoms with E-state index in [0.717, 1.165) is 5.69 Å². The molecule has 98 valence electrons. The van der Waals surface area contributed by atoms with Crippen LogP contribution in [-0.2, 0) is 0 Å². The molecule has 0 aliphatic heterocycles. The van der Waals surface area contributed by atoms with Gasteiger partial charge in [-0.2, -0.15) is 0 Å². The predicted octanol–water partition coefficient (Wildman–Crippen LogP) is 2.26. The van der Waals surface area contributed by atoms with E-state index in [4.69, 9.17) is 11.6 Å². The lowest BCUT2D eigenvalue weighted by molar-refractivity contribution is -0.463. The van der Waals surface area contributed by atoms with Gasteiger partial charge in [0.25, 0.3) is 6.54 Å². The molecule has 0 aromatic carbocycles. The van der Waals surface area contributed by atoms with Gasteiger partial charge in [0.1, 0.15) is 5.15 Å². The van der Waals surface area contributed by atoms with Crippen LogP contribution in [0.4, 0.5) is 5.69 Å². The Morgan fingerprint density at radius 1 is 1.56 bits per heavy atom. The summed E-state index contributed by atoms with van der Waals surface area (Å²) in [5.74, 6) is 0.425. The third kappa shape index (κ3) is 3.96. The van der Waals surface area contributed by atoms with Gasteiger partial charge in [-0.05, 0) is 26.0 Å². The van der Waals surface area contributed by atoms with Crippen molar-refractivity contribution in [3.63, 3.8) is 0 Å². The van der Waals surface area contributed by atoms with Gasteiger partial charge in [-0.25, -0.2) is 4.98 Å². The van der Waals surface area contributed by atoms with E-state index < -0.39 is 0 Å². The normalized spacial score (nSPS) is 11.4. The van der Waals surface area contributed by atoms with Crippen LogP contribution in [0.1, 0.15) is 13.8 Å². The molecule has 0 aliphatic rings. The first kappa shape index (κ1) is 14.4. The molecular weight excluding hydrogens is 256 g/mol. The van der Waals surface area contributed by atoms with Crippen LogP contribution < -0.4 is 4.90 Å². The number of nitrogens with zero attached hydrogens (tertiary/aromatic N) is 4. The summed E-state index contributed by atoms with van der Waals surface area (Å²) in [5.41, 5.74) is 0.746. The Bertz CT molecular complexity index is 433. The summed E-state index contributed by atoms with van der Waals surface area (Å²) in [4.78, 5) is 20.2. The molecule has 0 spiro atoms. The lowest BCUT2D eigenvalue weighted by Gasteiger charge is -2.22. The number of aromatic nitrogens is 1. The van der Waals surface area contributed by atoms with Gasteiger partial charge in [-0.3, -0.25) is 15.1 Å². The number of anilines is 1. The number of hydrogen-bond acceptors (Lipinski definition) is 4. The van der Waals surface area contributed by atoms with Crippen LogP contribution in [0.2, 0.25) is 5.15 Å². The van der Waals surface area contributed by atoms with Gasteiger partial charge in [0, 0.05) is 18.0 Å². The second-order valence-corrected chi connectivity index (χ2v) is 3.85. The number of nitro groups is 1. The number of pyridine rings is 1. The fourth-order valence-electron chi connectivity index (χ4n) is 1.56. The molecule has 0 saturated heterocycles. The maximum Gasteiger partial charge on any atom is 0.260 e. The highest BCUT2D eigenvalue weighted by molar-refractivity contribution is 6.29. The lowest BCUT2D eigenvalue weighted by atomic mass is 10.3. The van der Waals surface area contributed by atoms with Crippen LogP contribution in [-0.4, -0.2) is 35.4 Å². The molecule has 18 heavy (non-hydrogen) atoms. The molecule has 7 heteroatoms. The maximum atomic E-state index is 10.7.